The average Bonchev–Trinajstić information content (AvgIpc) is 3.09. The normalized spacial score (nSPS) is 18.3. The lowest BCUT2D eigenvalue weighted by Crippen LogP contribution is -2.47. The second-order valence-electron chi connectivity index (χ2n) is 6.51. The van der Waals surface area contributed by atoms with Gasteiger partial charge < -0.3 is 15.2 Å². The van der Waals surface area contributed by atoms with E-state index in [2.05, 4.69) is 34.7 Å². The van der Waals surface area contributed by atoms with Crippen molar-refractivity contribution in [3.05, 3.63) is 54.6 Å². The Hall–Kier alpha value is -2.14. The molecule has 3 rings (SSSR count). The highest BCUT2D eigenvalue weighted by Crippen LogP contribution is 2.29. The number of nitrogens with zero attached hydrogens (tertiary/aromatic N) is 2. The Morgan fingerprint density at radius 3 is 2.74 bits per heavy atom. The summed E-state index contributed by atoms with van der Waals surface area (Å²) in [5, 5.41) is 6.59. The molecular formula is C18H24N4O. The summed E-state index contributed by atoms with van der Waals surface area (Å²) < 4.78 is 2.00. The minimum Gasteiger partial charge on any atom is -0.347 e. The van der Waals surface area contributed by atoms with Gasteiger partial charge in [-0.2, -0.15) is 0 Å². The highest BCUT2D eigenvalue weighted by atomic mass is 16.2. The number of amides is 1. The third-order valence-corrected chi connectivity index (χ3v) is 4.72. The van der Waals surface area contributed by atoms with Crippen molar-refractivity contribution in [3.63, 3.8) is 0 Å². The molecule has 2 heterocycles. The van der Waals surface area contributed by atoms with Gasteiger partial charge in [0.1, 0.15) is 0 Å². The zero-order valence-electron chi connectivity index (χ0n) is 13.5. The number of benzene rings is 1. The Bertz CT molecular complexity index is 618. The van der Waals surface area contributed by atoms with Gasteiger partial charge >= 0.3 is 0 Å². The van der Waals surface area contributed by atoms with Crippen LogP contribution in [0.15, 0.2) is 49.1 Å². The van der Waals surface area contributed by atoms with Crippen molar-refractivity contribution in [2.24, 2.45) is 5.41 Å². The van der Waals surface area contributed by atoms with Gasteiger partial charge in [-0.3, -0.25) is 4.79 Å². The van der Waals surface area contributed by atoms with Gasteiger partial charge in [-0.15, -0.1) is 0 Å². The minimum atomic E-state index is -0.285. The number of carbonyl (C=O) groups excluding carboxylic acids is 1. The molecule has 1 fully saturated rings. The average molecular weight is 312 g/mol. The van der Waals surface area contributed by atoms with Crippen LogP contribution in [0.4, 0.5) is 0 Å². The molecule has 2 aromatic rings. The van der Waals surface area contributed by atoms with Crippen molar-refractivity contribution in [3.8, 4) is 0 Å². The number of carbonyl (C=O) groups is 1. The van der Waals surface area contributed by atoms with Gasteiger partial charge in [0.2, 0.25) is 5.91 Å². The molecule has 1 unspecified atom stereocenters. The van der Waals surface area contributed by atoms with Crippen molar-refractivity contribution in [1.29, 1.82) is 0 Å². The smallest absolute Gasteiger partial charge is 0.226 e. The van der Waals surface area contributed by atoms with Crippen molar-refractivity contribution < 1.29 is 4.79 Å². The van der Waals surface area contributed by atoms with Crippen LogP contribution in [0, 0.1) is 5.41 Å². The number of rotatable bonds is 5. The Morgan fingerprint density at radius 2 is 2.09 bits per heavy atom. The van der Waals surface area contributed by atoms with Gasteiger partial charge in [0.05, 0.1) is 12.4 Å². The number of imidazole rings is 1. The van der Waals surface area contributed by atoms with Crippen LogP contribution in [-0.4, -0.2) is 28.5 Å². The predicted molar refractivity (Wildman–Crippen MR) is 89.8 cm³/mol. The molecule has 1 aromatic heterocycles. The Balaban J connectivity index is 1.76. The minimum absolute atomic E-state index is 0.0513. The Kier molecular flexibility index (Phi) is 4.76. The standard InChI is InChI=1S/C18H24N4O/c1-18(7-9-19-10-8-18)17(23)21-16(13-22-12-11-20-14-22)15-5-3-2-4-6-15/h2-6,11-12,14,16,19H,7-10,13H2,1H3,(H,21,23). The first kappa shape index (κ1) is 15.7. The first-order valence-electron chi connectivity index (χ1n) is 8.20. The number of hydrogen-bond donors (Lipinski definition) is 2. The number of hydrogen-bond acceptors (Lipinski definition) is 3. The molecule has 0 aliphatic carbocycles. The third-order valence-electron chi connectivity index (χ3n) is 4.72. The van der Waals surface area contributed by atoms with E-state index in [0.717, 1.165) is 31.5 Å². The Morgan fingerprint density at radius 1 is 1.35 bits per heavy atom. The summed E-state index contributed by atoms with van der Waals surface area (Å²) in [5.74, 6) is 0.146. The molecule has 0 radical (unpaired) electrons. The molecule has 1 aliphatic rings. The highest BCUT2D eigenvalue weighted by Gasteiger charge is 2.35. The predicted octanol–water partition coefficient (Wildman–Crippen LogP) is 2.13. The molecule has 23 heavy (non-hydrogen) atoms. The lowest BCUT2D eigenvalue weighted by Gasteiger charge is -2.34. The van der Waals surface area contributed by atoms with Crippen molar-refractivity contribution in [1.82, 2.24) is 20.2 Å². The van der Waals surface area contributed by atoms with Gasteiger partial charge in [-0.1, -0.05) is 37.3 Å². The van der Waals surface area contributed by atoms with Crippen LogP contribution in [0.2, 0.25) is 0 Å². The van der Waals surface area contributed by atoms with E-state index in [1.807, 2.05) is 29.0 Å². The van der Waals surface area contributed by atoms with E-state index in [4.69, 9.17) is 0 Å². The lowest BCUT2D eigenvalue weighted by atomic mass is 9.80. The fourth-order valence-corrected chi connectivity index (χ4v) is 3.06. The molecule has 1 aromatic carbocycles. The van der Waals surface area contributed by atoms with Crippen LogP contribution in [0.5, 0.6) is 0 Å². The molecule has 5 nitrogen and oxygen atoms in total. The molecule has 1 aliphatic heterocycles. The van der Waals surface area contributed by atoms with E-state index in [9.17, 15) is 4.79 Å². The quantitative estimate of drug-likeness (QED) is 0.889. The van der Waals surface area contributed by atoms with Crippen LogP contribution in [0.25, 0.3) is 0 Å². The maximum atomic E-state index is 12.9. The lowest BCUT2D eigenvalue weighted by molar-refractivity contribution is -0.132. The first-order valence-corrected chi connectivity index (χ1v) is 8.20. The van der Waals surface area contributed by atoms with Crippen LogP contribution in [0.1, 0.15) is 31.4 Å². The molecule has 1 atom stereocenters. The zero-order chi connectivity index (χ0) is 16.1. The summed E-state index contributed by atoms with van der Waals surface area (Å²) >= 11 is 0. The SMILES string of the molecule is CC1(C(=O)NC(Cn2ccnc2)c2ccccc2)CCNCC1. The van der Waals surface area contributed by atoms with E-state index in [1.54, 1.807) is 12.5 Å². The van der Waals surface area contributed by atoms with E-state index < -0.39 is 0 Å². The van der Waals surface area contributed by atoms with Crippen LogP contribution < -0.4 is 10.6 Å². The topological polar surface area (TPSA) is 59.0 Å². The molecule has 0 saturated carbocycles. The Labute approximate surface area is 137 Å². The van der Waals surface area contributed by atoms with Crippen LogP contribution in [-0.2, 0) is 11.3 Å². The number of aromatic nitrogens is 2. The van der Waals surface area contributed by atoms with Gasteiger partial charge in [0, 0.05) is 24.4 Å². The largest absolute Gasteiger partial charge is 0.347 e. The summed E-state index contributed by atoms with van der Waals surface area (Å²) in [7, 11) is 0. The maximum absolute atomic E-state index is 12.9. The summed E-state index contributed by atoms with van der Waals surface area (Å²) in [6, 6.07) is 10.1. The van der Waals surface area contributed by atoms with Gasteiger partial charge in [0.25, 0.3) is 0 Å². The summed E-state index contributed by atoms with van der Waals surface area (Å²) in [6.07, 6.45) is 7.23. The molecule has 5 heteroatoms. The number of piperidine rings is 1. The third kappa shape index (κ3) is 3.79. The molecule has 0 bridgehead atoms. The van der Waals surface area contributed by atoms with E-state index in [0.29, 0.717) is 6.54 Å². The van der Waals surface area contributed by atoms with Gasteiger partial charge in [-0.25, -0.2) is 4.98 Å². The van der Waals surface area contributed by atoms with Crippen LogP contribution in [0.3, 0.4) is 0 Å². The molecule has 1 amide bonds. The molecule has 2 N–H and O–H groups in total. The van der Waals surface area contributed by atoms with E-state index in [1.165, 1.54) is 0 Å². The molecular weight excluding hydrogens is 288 g/mol. The molecule has 0 spiro atoms. The fourth-order valence-electron chi connectivity index (χ4n) is 3.06. The second kappa shape index (κ2) is 6.96. The van der Waals surface area contributed by atoms with E-state index >= 15 is 0 Å². The van der Waals surface area contributed by atoms with Crippen molar-refractivity contribution >= 4 is 5.91 Å². The van der Waals surface area contributed by atoms with Crippen molar-refractivity contribution in [2.75, 3.05) is 13.1 Å². The molecule has 1 saturated heterocycles. The second-order valence-corrected chi connectivity index (χ2v) is 6.51. The monoisotopic (exact) mass is 312 g/mol. The fraction of sp³-hybridized carbons (Fsp3) is 0.444. The van der Waals surface area contributed by atoms with Gasteiger partial charge in [0.15, 0.2) is 0 Å². The number of nitrogens with one attached hydrogen (secondary N) is 2. The summed E-state index contributed by atoms with van der Waals surface area (Å²) in [6.45, 7) is 4.56. The van der Waals surface area contributed by atoms with Crippen molar-refractivity contribution in [2.45, 2.75) is 32.4 Å². The maximum Gasteiger partial charge on any atom is 0.226 e. The van der Waals surface area contributed by atoms with E-state index in [-0.39, 0.29) is 17.4 Å². The van der Waals surface area contributed by atoms with Gasteiger partial charge in [-0.05, 0) is 31.5 Å². The molecule has 122 valence electrons. The van der Waals surface area contributed by atoms with Crippen LogP contribution >= 0.6 is 0 Å². The zero-order valence-corrected chi connectivity index (χ0v) is 13.5. The highest BCUT2D eigenvalue weighted by molar-refractivity contribution is 5.82. The summed E-state index contributed by atoms with van der Waals surface area (Å²) in [5.41, 5.74) is 0.833. The summed E-state index contributed by atoms with van der Waals surface area (Å²) in [4.78, 5) is 17.0. The first-order chi connectivity index (χ1) is 11.2.